The molecule has 0 fully saturated rings. The summed E-state index contributed by atoms with van der Waals surface area (Å²) in [6, 6.07) is 8.07. The largest absolute Gasteiger partial charge is 0.462 e. The second kappa shape index (κ2) is 7.17. The number of ether oxygens (including phenoxy) is 1. The Kier molecular flexibility index (Phi) is 5.27. The molecule has 0 aliphatic heterocycles. The van der Waals surface area contributed by atoms with Gasteiger partial charge < -0.3 is 10.1 Å². The molecule has 1 N–H and O–H groups in total. The van der Waals surface area contributed by atoms with E-state index in [2.05, 4.69) is 16.5 Å². The third-order valence-electron chi connectivity index (χ3n) is 3.11. The standard InChI is InChI=1S/C15H19N3O2S/c1-4-20-15(19)11-9-17-18(2)13(11)10-16-12-7-5-6-8-14(12)21-3/h5-9,16H,4,10H2,1-3H3. The van der Waals surface area contributed by atoms with E-state index in [0.29, 0.717) is 18.7 Å². The molecule has 6 heteroatoms. The number of para-hydroxylation sites is 1. The summed E-state index contributed by atoms with van der Waals surface area (Å²) >= 11 is 1.68. The predicted molar refractivity (Wildman–Crippen MR) is 84.7 cm³/mol. The first-order chi connectivity index (χ1) is 10.2. The number of esters is 1. The summed E-state index contributed by atoms with van der Waals surface area (Å²) in [5.74, 6) is -0.333. The molecule has 1 aromatic carbocycles. The Bertz CT molecular complexity index is 625. The number of anilines is 1. The number of thioether (sulfide) groups is 1. The number of aromatic nitrogens is 2. The number of nitrogens with zero attached hydrogens (tertiary/aromatic N) is 2. The van der Waals surface area contributed by atoms with Gasteiger partial charge in [-0.3, -0.25) is 4.68 Å². The first-order valence-corrected chi connectivity index (χ1v) is 7.94. The third-order valence-corrected chi connectivity index (χ3v) is 3.91. The number of hydrogen-bond donors (Lipinski definition) is 1. The van der Waals surface area contributed by atoms with Gasteiger partial charge in [0.15, 0.2) is 0 Å². The molecule has 21 heavy (non-hydrogen) atoms. The summed E-state index contributed by atoms with van der Waals surface area (Å²) in [6.45, 7) is 2.67. The lowest BCUT2D eigenvalue weighted by molar-refractivity contribution is 0.0525. The van der Waals surface area contributed by atoms with Crippen LogP contribution in [0.4, 0.5) is 5.69 Å². The highest BCUT2D eigenvalue weighted by Gasteiger charge is 2.17. The second-order valence-corrected chi connectivity index (χ2v) is 5.25. The molecule has 0 saturated carbocycles. The normalized spacial score (nSPS) is 10.4. The highest BCUT2D eigenvalue weighted by Crippen LogP contribution is 2.25. The number of carbonyl (C=O) groups excluding carboxylic acids is 1. The van der Waals surface area contributed by atoms with Crippen LogP contribution in [-0.2, 0) is 18.3 Å². The van der Waals surface area contributed by atoms with Crippen LogP contribution in [0.25, 0.3) is 0 Å². The molecule has 0 bridgehead atoms. The molecule has 1 aromatic heterocycles. The fourth-order valence-corrected chi connectivity index (χ4v) is 2.60. The molecule has 0 radical (unpaired) electrons. The van der Waals surface area contributed by atoms with Gasteiger partial charge in [-0.2, -0.15) is 5.10 Å². The van der Waals surface area contributed by atoms with Crippen LogP contribution in [-0.4, -0.2) is 28.6 Å². The summed E-state index contributed by atoms with van der Waals surface area (Å²) in [7, 11) is 1.82. The number of aryl methyl sites for hydroxylation is 1. The van der Waals surface area contributed by atoms with Gasteiger partial charge in [-0.1, -0.05) is 12.1 Å². The number of hydrogen-bond acceptors (Lipinski definition) is 5. The van der Waals surface area contributed by atoms with E-state index in [9.17, 15) is 4.79 Å². The van der Waals surface area contributed by atoms with Gasteiger partial charge in [-0.25, -0.2) is 4.79 Å². The minimum atomic E-state index is -0.333. The molecule has 0 spiro atoms. The van der Waals surface area contributed by atoms with Crippen LogP contribution in [0.2, 0.25) is 0 Å². The SMILES string of the molecule is CCOC(=O)c1cnn(C)c1CNc1ccccc1SC. The maximum atomic E-state index is 11.9. The monoisotopic (exact) mass is 305 g/mol. The van der Waals surface area contributed by atoms with E-state index < -0.39 is 0 Å². The van der Waals surface area contributed by atoms with E-state index in [1.165, 1.54) is 0 Å². The van der Waals surface area contributed by atoms with Crippen LogP contribution in [0.1, 0.15) is 23.0 Å². The third kappa shape index (κ3) is 3.58. The molecular weight excluding hydrogens is 286 g/mol. The van der Waals surface area contributed by atoms with Crippen LogP contribution >= 0.6 is 11.8 Å². The van der Waals surface area contributed by atoms with Crippen molar-refractivity contribution in [1.29, 1.82) is 0 Å². The first kappa shape index (κ1) is 15.4. The van der Waals surface area contributed by atoms with E-state index in [1.807, 2.05) is 31.5 Å². The lowest BCUT2D eigenvalue weighted by Crippen LogP contribution is -2.12. The van der Waals surface area contributed by atoms with Crippen LogP contribution in [0.5, 0.6) is 0 Å². The average Bonchev–Trinajstić information content (AvgIpc) is 2.86. The summed E-state index contributed by atoms with van der Waals surface area (Å²) < 4.78 is 6.75. The fourth-order valence-electron chi connectivity index (χ4n) is 2.02. The van der Waals surface area contributed by atoms with Crippen LogP contribution in [0, 0.1) is 0 Å². The molecule has 2 rings (SSSR count). The zero-order valence-corrected chi connectivity index (χ0v) is 13.2. The molecule has 112 valence electrons. The van der Waals surface area contributed by atoms with Gasteiger partial charge in [0.25, 0.3) is 0 Å². The van der Waals surface area contributed by atoms with E-state index >= 15 is 0 Å². The minimum Gasteiger partial charge on any atom is -0.462 e. The summed E-state index contributed by atoms with van der Waals surface area (Å²) in [4.78, 5) is 13.1. The Balaban J connectivity index is 2.16. The van der Waals surface area contributed by atoms with Crippen LogP contribution < -0.4 is 5.32 Å². The van der Waals surface area contributed by atoms with Gasteiger partial charge in [0.2, 0.25) is 0 Å². The van der Waals surface area contributed by atoms with E-state index in [1.54, 1.807) is 29.6 Å². The molecule has 5 nitrogen and oxygen atoms in total. The molecular formula is C15H19N3O2S. The number of benzene rings is 1. The van der Waals surface area contributed by atoms with Gasteiger partial charge in [-0.05, 0) is 25.3 Å². The van der Waals surface area contributed by atoms with Crippen molar-refractivity contribution in [2.24, 2.45) is 7.05 Å². The van der Waals surface area contributed by atoms with Gasteiger partial charge in [0, 0.05) is 17.6 Å². The Morgan fingerprint density at radius 1 is 1.43 bits per heavy atom. The molecule has 0 aliphatic rings. The van der Waals surface area contributed by atoms with Gasteiger partial charge >= 0.3 is 5.97 Å². The highest BCUT2D eigenvalue weighted by molar-refractivity contribution is 7.98. The Hall–Kier alpha value is -1.95. The maximum Gasteiger partial charge on any atom is 0.341 e. The topological polar surface area (TPSA) is 56.1 Å². The Morgan fingerprint density at radius 2 is 2.19 bits per heavy atom. The van der Waals surface area contributed by atoms with Crippen molar-refractivity contribution >= 4 is 23.4 Å². The molecule has 0 aliphatic carbocycles. The average molecular weight is 305 g/mol. The number of nitrogens with one attached hydrogen (secondary N) is 1. The van der Waals surface area contributed by atoms with Crippen molar-refractivity contribution in [2.45, 2.75) is 18.4 Å². The maximum absolute atomic E-state index is 11.9. The molecule has 1 heterocycles. The molecule has 2 aromatic rings. The van der Waals surface area contributed by atoms with Gasteiger partial charge in [0.1, 0.15) is 5.56 Å². The van der Waals surface area contributed by atoms with Crippen molar-refractivity contribution < 1.29 is 9.53 Å². The lowest BCUT2D eigenvalue weighted by atomic mass is 10.2. The zero-order valence-electron chi connectivity index (χ0n) is 12.4. The van der Waals surface area contributed by atoms with E-state index in [4.69, 9.17) is 4.74 Å². The Labute approximate surface area is 128 Å². The van der Waals surface area contributed by atoms with E-state index in [0.717, 1.165) is 16.3 Å². The summed E-state index contributed by atoms with van der Waals surface area (Å²) in [6.07, 6.45) is 3.59. The fraction of sp³-hybridized carbons (Fsp3) is 0.333. The quantitative estimate of drug-likeness (QED) is 0.657. The smallest absolute Gasteiger partial charge is 0.341 e. The highest BCUT2D eigenvalue weighted by atomic mass is 32.2. The lowest BCUT2D eigenvalue weighted by Gasteiger charge is -2.11. The molecule has 0 saturated heterocycles. The van der Waals surface area contributed by atoms with Gasteiger partial charge in [0.05, 0.1) is 25.0 Å². The predicted octanol–water partition coefficient (Wildman–Crippen LogP) is 2.93. The summed E-state index contributed by atoms with van der Waals surface area (Å²) in [5, 5.41) is 7.50. The Morgan fingerprint density at radius 3 is 2.90 bits per heavy atom. The zero-order chi connectivity index (χ0) is 15.2. The van der Waals surface area contributed by atoms with Crippen LogP contribution in [0.15, 0.2) is 35.4 Å². The molecule has 0 amide bonds. The van der Waals surface area contributed by atoms with E-state index in [-0.39, 0.29) is 5.97 Å². The van der Waals surface area contributed by atoms with Crippen molar-refractivity contribution in [3.63, 3.8) is 0 Å². The number of rotatable bonds is 6. The van der Waals surface area contributed by atoms with Crippen molar-refractivity contribution in [1.82, 2.24) is 9.78 Å². The van der Waals surface area contributed by atoms with Crippen molar-refractivity contribution in [3.05, 3.63) is 41.7 Å². The second-order valence-electron chi connectivity index (χ2n) is 4.40. The summed E-state index contributed by atoms with van der Waals surface area (Å²) in [5.41, 5.74) is 2.36. The molecule has 0 unspecified atom stereocenters. The van der Waals surface area contributed by atoms with Crippen molar-refractivity contribution in [2.75, 3.05) is 18.2 Å². The van der Waals surface area contributed by atoms with Gasteiger partial charge in [-0.15, -0.1) is 11.8 Å². The van der Waals surface area contributed by atoms with Crippen molar-refractivity contribution in [3.8, 4) is 0 Å². The minimum absolute atomic E-state index is 0.333. The first-order valence-electron chi connectivity index (χ1n) is 6.72. The van der Waals surface area contributed by atoms with Crippen LogP contribution in [0.3, 0.4) is 0 Å². The molecule has 0 atom stereocenters. The number of carbonyl (C=O) groups is 1.